The van der Waals surface area contributed by atoms with Crippen molar-refractivity contribution >= 4 is 0 Å². The van der Waals surface area contributed by atoms with E-state index in [1.165, 1.54) is 0 Å². The maximum absolute atomic E-state index is 12.1. The van der Waals surface area contributed by atoms with Gasteiger partial charge in [-0.3, -0.25) is 0 Å². The molecule has 1 aromatic heterocycles. The minimum absolute atomic E-state index is 0.252. The van der Waals surface area contributed by atoms with Gasteiger partial charge in [0.05, 0.1) is 12.3 Å². The molecule has 0 bridgehead atoms. The summed E-state index contributed by atoms with van der Waals surface area (Å²) in [7, 11) is 0. The fraction of sp³-hybridized carbons (Fsp3) is 0.429. The topological polar surface area (TPSA) is 35.0 Å². The van der Waals surface area contributed by atoms with Crippen molar-refractivity contribution in [3.8, 4) is 0 Å². The van der Waals surface area contributed by atoms with Gasteiger partial charge in [-0.2, -0.15) is 22.0 Å². The number of ether oxygens (including phenoxy) is 1. The van der Waals surface area contributed by atoms with Crippen LogP contribution in [0.2, 0.25) is 0 Å². The lowest BCUT2D eigenvalue weighted by molar-refractivity contribution is -0.147. The summed E-state index contributed by atoms with van der Waals surface area (Å²) >= 11 is 0. The van der Waals surface area contributed by atoms with Crippen LogP contribution in [0.3, 0.4) is 0 Å². The van der Waals surface area contributed by atoms with E-state index in [-0.39, 0.29) is 5.69 Å². The van der Waals surface area contributed by atoms with E-state index in [9.17, 15) is 22.0 Å². The van der Waals surface area contributed by atoms with Crippen molar-refractivity contribution in [2.45, 2.75) is 19.4 Å². The van der Waals surface area contributed by atoms with Crippen molar-refractivity contribution in [2.24, 2.45) is 0 Å². The number of hydrogen-bond donors (Lipinski definition) is 0. The van der Waals surface area contributed by atoms with Gasteiger partial charge in [-0.25, -0.2) is 9.97 Å². The normalized spacial score (nSPS) is 12.1. The van der Waals surface area contributed by atoms with Gasteiger partial charge in [0.15, 0.2) is 0 Å². The first-order valence-electron chi connectivity index (χ1n) is 3.68. The molecule has 0 aliphatic carbocycles. The SMILES string of the molecule is FC(F)OCc1ccnc(C(F)(F)F)n1. The lowest BCUT2D eigenvalue weighted by Gasteiger charge is -2.06. The van der Waals surface area contributed by atoms with Gasteiger partial charge in [0, 0.05) is 6.20 Å². The largest absolute Gasteiger partial charge is 0.451 e. The number of halogens is 5. The Hall–Kier alpha value is -1.31. The first-order chi connectivity index (χ1) is 6.89. The minimum atomic E-state index is -4.69. The molecule has 0 radical (unpaired) electrons. The molecule has 0 aliphatic heterocycles. The molecule has 0 saturated carbocycles. The minimum Gasteiger partial charge on any atom is -0.317 e. The predicted molar refractivity (Wildman–Crippen MR) is 37.8 cm³/mol. The molecule has 8 heteroatoms. The highest BCUT2D eigenvalue weighted by Gasteiger charge is 2.34. The molecule has 1 aromatic rings. The van der Waals surface area contributed by atoms with Crippen LogP contribution in [0.5, 0.6) is 0 Å². The highest BCUT2D eigenvalue weighted by Crippen LogP contribution is 2.25. The average molecular weight is 228 g/mol. The summed E-state index contributed by atoms with van der Waals surface area (Å²) in [5.41, 5.74) is -0.252. The number of hydrogen-bond acceptors (Lipinski definition) is 3. The average Bonchev–Trinajstić information content (AvgIpc) is 2.14. The molecule has 15 heavy (non-hydrogen) atoms. The third-order valence-corrected chi connectivity index (χ3v) is 1.32. The van der Waals surface area contributed by atoms with Gasteiger partial charge in [0.1, 0.15) is 0 Å². The second-order valence-corrected chi connectivity index (χ2v) is 2.44. The Labute approximate surface area is 80.9 Å². The maximum Gasteiger partial charge on any atom is 0.451 e. The van der Waals surface area contributed by atoms with Gasteiger partial charge in [0.2, 0.25) is 5.82 Å². The lowest BCUT2D eigenvalue weighted by Crippen LogP contribution is -2.12. The number of rotatable bonds is 3. The fourth-order valence-electron chi connectivity index (χ4n) is 0.761. The summed E-state index contributed by atoms with van der Waals surface area (Å²) in [6, 6.07) is 1.07. The van der Waals surface area contributed by atoms with Crippen LogP contribution < -0.4 is 0 Å². The highest BCUT2D eigenvalue weighted by molar-refractivity contribution is 5.03. The van der Waals surface area contributed by atoms with Gasteiger partial charge in [-0.15, -0.1) is 0 Å². The Morgan fingerprint density at radius 1 is 1.33 bits per heavy atom. The van der Waals surface area contributed by atoms with Gasteiger partial charge >= 0.3 is 12.8 Å². The Morgan fingerprint density at radius 3 is 2.53 bits per heavy atom. The van der Waals surface area contributed by atoms with Crippen molar-refractivity contribution in [1.29, 1.82) is 0 Å². The highest BCUT2D eigenvalue weighted by atomic mass is 19.4. The van der Waals surface area contributed by atoms with Gasteiger partial charge in [0.25, 0.3) is 0 Å². The molecule has 0 fully saturated rings. The van der Waals surface area contributed by atoms with E-state index in [2.05, 4.69) is 14.7 Å². The summed E-state index contributed by atoms with van der Waals surface area (Å²) < 4.78 is 63.1. The summed E-state index contributed by atoms with van der Waals surface area (Å²) in [5.74, 6) is -1.38. The second kappa shape index (κ2) is 4.47. The van der Waals surface area contributed by atoms with E-state index in [1.807, 2.05) is 0 Å². The monoisotopic (exact) mass is 228 g/mol. The first-order valence-corrected chi connectivity index (χ1v) is 3.68. The van der Waals surface area contributed by atoms with Crippen LogP contribution in [0.25, 0.3) is 0 Å². The molecule has 0 amide bonds. The second-order valence-electron chi connectivity index (χ2n) is 2.44. The van der Waals surface area contributed by atoms with Crippen molar-refractivity contribution in [1.82, 2.24) is 9.97 Å². The Bertz CT molecular complexity index is 327. The smallest absolute Gasteiger partial charge is 0.317 e. The van der Waals surface area contributed by atoms with Crippen molar-refractivity contribution < 1.29 is 26.7 Å². The van der Waals surface area contributed by atoms with Crippen molar-refractivity contribution in [3.05, 3.63) is 23.8 Å². The summed E-state index contributed by atoms with van der Waals surface area (Å²) in [6.45, 7) is -3.74. The molecule has 0 unspecified atom stereocenters. The van der Waals surface area contributed by atoms with Gasteiger partial charge < -0.3 is 4.74 Å². The summed E-state index contributed by atoms with van der Waals surface area (Å²) in [4.78, 5) is 5.98. The van der Waals surface area contributed by atoms with Crippen LogP contribution in [0.15, 0.2) is 12.3 Å². The van der Waals surface area contributed by atoms with E-state index < -0.39 is 25.2 Å². The molecular formula is C7H5F5N2O. The third-order valence-electron chi connectivity index (χ3n) is 1.32. The molecule has 0 aromatic carbocycles. The van der Waals surface area contributed by atoms with Crippen LogP contribution in [0.1, 0.15) is 11.5 Å². The van der Waals surface area contributed by atoms with Crippen LogP contribution in [-0.4, -0.2) is 16.6 Å². The quantitative estimate of drug-likeness (QED) is 0.744. The molecule has 0 aliphatic rings. The zero-order valence-electron chi connectivity index (χ0n) is 7.13. The Kier molecular flexibility index (Phi) is 3.51. The lowest BCUT2D eigenvalue weighted by atomic mass is 10.4. The van der Waals surface area contributed by atoms with Crippen molar-refractivity contribution in [3.63, 3.8) is 0 Å². The molecule has 0 N–H and O–H groups in total. The van der Waals surface area contributed by atoms with E-state index in [0.29, 0.717) is 0 Å². The van der Waals surface area contributed by atoms with Gasteiger partial charge in [-0.05, 0) is 6.07 Å². The van der Waals surface area contributed by atoms with Crippen molar-refractivity contribution in [2.75, 3.05) is 0 Å². The third kappa shape index (κ3) is 3.74. The van der Waals surface area contributed by atoms with Crippen LogP contribution in [0, 0.1) is 0 Å². The fourth-order valence-corrected chi connectivity index (χ4v) is 0.761. The standard InChI is InChI=1S/C7H5F5N2O/c8-6(9)15-3-4-1-2-13-5(14-4)7(10,11)12/h1-2,6H,3H2. The number of alkyl halides is 5. The van der Waals surface area contributed by atoms with Crippen LogP contribution >= 0.6 is 0 Å². The summed E-state index contributed by atoms with van der Waals surface area (Å²) in [6.07, 6.45) is -3.86. The Morgan fingerprint density at radius 2 is 2.00 bits per heavy atom. The molecule has 1 rings (SSSR count). The van der Waals surface area contributed by atoms with Crippen LogP contribution in [-0.2, 0) is 17.5 Å². The zero-order valence-corrected chi connectivity index (χ0v) is 7.13. The van der Waals surface area contributed by atoms with E-state index in [0.717, 1.165) is 12.3 Å². The van der Waals surface area contributed by atoms with Crippen LogP contribution in [0.4, 0.5) is 22.0 Å². The molecular weight excluding hydrogens is 223 g/mol. The van der Waals surface area contributed by atoms with E-state index in [1.54, 1.807) is 0 Å². The molecule has 1 heterocycles. The Balaban J connectivity index is 2.75. The molecule has 0 atom stereocenters. The molecule has 0 spiro atoms. The number of nitrogens with zero attached hydrogens (tertiary/aromatic N) is 2. The zero-order chi connectivity index (χ0) is 11.5. The molecule has 3 nitrogen and oxygen atoms in total. The first kappa shape index (κ1) is 11.8. The van der Waals surface area contributed by atoms with E-state index in [4.69, 9.17) is 0 Å². The predicted octanol–water partition coefficient (Wildman–Crippen LogP) is 2.23. The maximum atomic E-state index is 12.1. The number of aromatic nitrogens is 2. The molecule has 0 saturated heterocycles. The molecule has 84 valence electrons. The van der Waals surface area contributed by atoms with Gasteiger partial charge in [-0.1, -0.05) is 0 Å². The summed E-state index contributed by atoms with van der Waals surface area (Å²) in [5, 5.41) is 0. The van der Waals surface area contributed by atoms with E-state index >= 15 is 0 Å².